The fourth-order valence-corrected chi connectivity index (χ4v) is 7.81. The van der Waals surface area contributed by atoms with E-state index in [4.69, 9.17) is 0 Å². The van der Waals surface area contributed by atoms with Crippen LogP contribution >= 0.6 is 11.3 Å². The van der Waals surface area contributed by atoms with Gasteiger partial charge in [0.1, 0.15) is 0 Å². The summed E-state index contributed by atoms with van der Waals surface area (Å²) in [5.74, 6) is 0. The van der Waals surface area contributed by atoms with Crippen molar-refractivity contribution < 1.29 is 0 Å². The SMILES string of the molecule is c1ccc(-c2cccc(-n3c4ccccc4c4c5sc6ccccc6c5c5c6ccccc6ccc5c43)c2)nc1. The highest BCUT2D eigenvalue weighted by Crippen LogP contribution is 2.49. The maximum Gasteiger partial charge on any atom is 0.0702 e. The van der Waals surface area contributed by atoms with Crippen molar-refractivity contribution in [1.82, 2.24) is 9.55 Å². The number of hydrogen-bond acceptors (Lipinski definition) is 2. The van der Waals surface area contributed by atoms with E-state index in [2.05, 4.69) is 125 Å². The summed E-state index contributed by atoms with van der Waals surface area (Å²) in [6.07, 6.45) is 1.86. The number of thiophene rings is 1. The van der Waals surface area contributed by atoms with Gasteiger partial charge in [-0.05, 0) is 47.2 Å². The number of rotatable bonds is 2. The molecule has 0 saturated heterocycles. The van der Waals surface area contributed by atoms with E-state index in [1.54, 1.807) is 0 Å². The molecule has 0 aliphatic carbocycles. The van der Waals surface area contributed by atoms with Crippen molar-refractivity contribution in [2.75, 3.05) is 0 Å². The molecule has 0 N–H and O–H groups in total. The average molecular weight is 527 g/mol. The number of pyridine rings is 1. The van der Waals surface area contributed by atoms with Crippen LogP contribution in [-0.2, 0) is 0 Å². The van der Waals surface area contributed by atoms with Gasteiger partial charge < -0.3 is 4.57 Å². The van der Waals surface area contributed by atoms with E-state index in [1.807, 2.05) is 29.7 Å². The zero-order chi connectivity index (χ0) is 26.2. The Morgan fingerprint density at radius 2 is 1.35 bits per heavy atom. The third-order valence-electron chi connectivity index (χ3n) is 8.20. The molecule has 0 aliphatic heterocycles. The molecule has 0 fully saturated rings. The highest BCUT2D eigenvalue weighted by atomic mass is 32.1. The first-order valence-electron chi connectivity index (χ1n) is 13.6. The number of hydrogen-bond donors (Lipinski definition) is 0. The Hall–Kier alpha value is -4.99. The van der Waals surface area contributed by atoms with E-state index in [-0.39, 0.29) is 0 Å². The Kier molecular flexibility index (Phi) is 4.52. The third kappa shape index (κ3) is 2.95. The molecule has 0 aliphatic rings. The first kappa shape index (κ1) is 21.9. The van der Waals surface area contributed by atoms with E-state index in [0.717, 1.165) is 16.9 Å². The Labute approximate surface area is 234 Å². The first-order chi connectivity index (χ1) is 19.9. The normalized spacial score (nSPS) is 12.0. The molecule has 186 valence electrons. The summed E-state index contributed by atoms with van der Waals surface area (Å²) in [6.45, 7) is 0. The molecule has 9 rings (SSSR count). The lowest BCUT2D eigenvalue weighted by Crippen LogP contribution is -1.96. The van der Waals surface area contributed by atoms with Crippen LogP contribution in [0.3, 0.4) is 0 Å². The summed E-state index contributed by atoms with van der Waals surface area (Å²) in [5.41, 5.74) is 5.72. The predicted molar refractivity (Wildman–Crippen MR) is 172 cm³/mol. The molecule has 0 unspecified atom stereocenters. The van der Waals surface area contributed by atoms with Crippen LogP contribution in [0.2, 0.25) is 0 Å². The number of fused-ring (bicyclic) bond motifs is 12. The fourth-order valence-electron chi connectivity index (χ4n) is 6.54. The van der Waals surface area contributed by atoms with E-state index < -0.39 is 0 Å². The van der Waals surface area contributed by atoms with Crippen molar-refractivity contribution >= 4 is 74.9 Å². The molecule has 3 heteroatoms. The maximum atomic E-state index is 4.64. The molecular weight excluding hydrogens is 504 g/mol. The topological polar surface area (TPSA) is 17.8 Å². The molecular formula is C37H22N2S. The van der Waals surface area contributed by atoms with Gasteiger partial charge in [-0.3, -0.25) is 4.98 Å². The van der Waals surface area contributed by atoms with E-state index in [0.29, 0.717) is 0 Å². The van der Waals surface area contributed by atoms with Gasteiger partial charge in [-0.15, -0.1) is 11.3 Å². The van der Waals surface area contributed by atoms with E-state index >= 15 is 0 Å². The van der Waals surface area contributed by atoms with Gasteiger partial charge in [-0.1, -0.05) is 91.0 Å². The van der Waals surface area contributed by atoms with E-state index in [1.165, 1.54) is 63.5 Å². The second kappa shape index (κ2) is 8.25. The van der Waals surface area contributed by atoms with Crippen molar-refractivity contribution in [2.45, 2.75) is 0 Å². The van der Waals surface area contributed by atoms with Crippen LogP contribution in [0.5, 0.6) is 0 Å². The second-order valence-electron chi connectivity index (χ2n) is 10.4. The van der Waals surface area contributed by atoms with Gasteiger partial charge in [-0.25, -0.2) is 0 Å². The lowest BCUT2D eigenvalue weighted by molar-refractivity contribution is 1.18. The highest BCUT2D eigenvalue weighted by Gasteiger charge is 2.22. The zero-order valence-electron chi connectivity index (χ0n) is 21.5. The molecule has 0 spiro atoms. The molecule has 0 amide bonds. The van der Waals surface area contributed by atoms with Crippen LogP contribution in [0.25, 0.3) is 80.5 Å². The Morgan fingerprint density at radius 1 is 0.550 bits per heavy atom. The largest absolute Gasteiger partial charge is 0.309 e. The molecule has 0 radical (unpaired) electrons. The monoisotopic (exact) mass is 526 g/mol. The molecule has 0 atom stereocenters. The summed E-state index contributed by atoms with van der Waals surface area (Å²) >= 11 is 1.91. The van der Waals surface area contributed by atoms with Crippen LogP contribution in [0, 0.1) is 0 Å². The molecule has 3 aromatic heterocycles. The average Bonchev–Trinajstić information content (AvgIpc) is 3.58. The molecule has 2 nitrogen and oxygen atoms in total. The number of aromatic nitrogens is 2. The quantitative estimate of drug-likeness (QED) is 0.205. The minimum atomic E-state index is 0.980. The minimum absolute atomic E-state index is 0.980. The van der Waals surface area contributed by atoms with Crippen LogP contribution < -0.4 is 0 Å². The molecule has 3 heterocycles. The van der Waals surface area contributed by atoms with Crippen LogP contribution in [0.15, 0.2) is 134 Å². The molecule has 6 aromatic carbocycles. The third-order valence-corrected chi connectivity index (χ3v) is 9.38. The summed E-state index contributed by atoms with van der Waals surface area (Å²) in [6, 6.07) is 46.0. The van der Waals surface area contributed by atoms with E-state index in [9.17, 15) is 0 Å². The molecule has 40 heavy (non-hydrogen) atoms. The number of benzene rings is 6. The maximum absolute atomic E-state index is 4.64. The van der Waals surface area contributed by atoms with Crippen LogP contribution in [0.4, 0.5) is 0 Å². The standard InChI is InChI=1S/C37H22N2S/c1-2-13-26-23(10-1)19-20-29-33(26)34-28-15-4-6-18-32(28)40-37(34)35-27-14-3-5-17-31(27)39(36(29)35)25-12-9-11-24(22-25)30-16-7-8-21-38-30/h1-22H. The Morgan fingerprint density at radius 3 is 2.25 bits per heavy atom. The van der Waals surface area contributed by atoms with Crippen molar-refractivity contribution in [3.8, 4) is 16.9 Å². The van der Waals surface area contributed by atoms with Gasteiger partial charge >= 0.3 is 0 Å². The summed E-state index contributed by atoms with van der Waals surface area (Å²) in [7, 11) is 0. The number of nitrogens with zero attached hydrogens (tertiary/aromatic N) is 2. The van der Waals surface area contributed by atoms with Crippen molar-refractivity contribution in [1.29, 1.82) is 0 Å². The van der Waals surface area contributed by atoms with Gasteiger partial charge in [0.05, 0.1) is 16.7 Å². The number of para-hydroxylation sites is 1. The molecule has 9 aromatic rings. The predicted octanol–water partition coefficient (Wildman–Crippen LogP) is 10.5. The first-order valence-corrected chi connectivity index (χ1v) is 14.4. The van der Waals surface area contributed by atoms with Crippen molar-refractivity contribution in [3.63, 3.8) is 0 Å². The highest BCUT2D eigenvalue weighted by molar-refractivity contribution is 7.27. The Balaban J connectivity index is 1.55. The van der Waals surface area contributed by atoms with Crippen LogP contribution in [-0.4, -0.2) is 9.55 Å². The van der Waals surface area contributed by atoms with Gasteiger partial charge in [-0.2, -0.15) is 0 Å². The lowest BCUT2D eigenvalue weighted by atomic mass is 9.95. The van der Waals surface area contributed by atoms with Gasteiger partial charge in [0.15, 0.2) is 0 Å². The zero-order valence-corrected chi connectivity index (χ0v) is 22.3. The van der Waals surface area contributed by atoms with Crippen molar-refractivity contribution in [3.05, 3.63) is 134 Å². The second-order valence-corrected chi connectivity index (χ2v) is 11.4. The van der Waals surface area contributed by atoms with Crippen LogP contribution in [0.1, 0.15) is 0 Å². The van der Waals surface area contributed by atoms with Gasteiger partial charge in [0.2, 0.25) is 0 Å². The van der Waals surface area contributed by atoms with Gasteiger partial charge in [0, 0.05) is 59.2 Å². The molecule has 0 saturated carbocycles. The summed E-state index contributed by atoms with van der Waals surface area (Å²) < 4.78 is 5.15. The lowest BCUT2D eigenvalue weighted by Gasteiger charge is -2.13. The fraction of sp³-hybridized carbons (Fsp3) is 0. The Bertz CT molecular complexity index is 2430. The summed E-state index contributed by atoms with van der Waals surface area (Å²) in [5, 5.41) is 10.5. The minimum Gasteiger partial charge on any atom is -0.309 e. The van der Waals surface area contributed by atoms with Gasteiger partial charge in [0.25, 0.3) is 0 Å². The van der Waals surface area contributed by atoms with Crippen molar-refractivity contribution in [2.24, 2.45) is 0 Å². The summed E-state index contributed by atoms with van der Waals surface area (Å²) in [4.78, 5) is 4.64. The molecule has 0 bridgehead atoms. The smallest absolute Gasteiger partial charge is 0.0702 e.